The predicted molar refractivity (Wildman–Crippen MR) is 70.5 cm³/mol. The van der Waals surface area contributed by atoms with Crippen molar-refractivity contribution in [3.8, 4) is 0 Å². The van der Waals surface area contributed by atoms with Gasteiger partial charge in [-0.25, -0.2) is 0 Å². The number of aromatic nitrogens is 2. The van der Waals surface area contributed by atoms with E-state index in [-0.39, 0.29) is 6.04 Å². The van der Waals surface area contributed by atoms with Gasteiger partial charge in [0.1, 0.15) is 0 Å². The van der Waals surface area contributed by atoms with Gasteiger partial charge in [-0.05, 0) is 30.9 Å². The minimum atomic E-state index is 0.0235. The molecule has 88 valence electrons. The van der Waals surface area contributed by atoms with Crippen molar-refractivity contribution in [2.75, 3.05) is 0 Å². The summed E-state index contributed by atoms with van der Waals surface area (Å²) in [6.07, 6.45) is 8.35. The largest absolute Gasteiger partial charge is 0.324 e. The zero-order valence-corrected chi connectivity index (χ0v) is 9.84. The number of nitrogens with two attached hydrogens (primary N) is 1. The fourth-order valence-corrected chi connectivity index (χ4v) is 1.95. The lowest BCUT2D eigenvalue weighted by molar-refractivity contribution is 0.620. The predicted octanol–water partition coefficient (Wildman–Crippen LogP) is 2.99. The van der Waals surface area contributed by atoms with E-state index in [0.717, 1.165) is 35.9 Å². The zero-order chi connectivity index (χ0) is 12.1. The van der Waals surface area contributed by atoms with Crippen LogP contribution in [0.25, 0.3) is 11.0 Å². The quantitative estimate of drug-likeness (QED) is 0.631. The second kappa shape index (κ2) is 5.55. The molecule has 0 saturated carbocycles. The van der Waals surface area contributed by atoms with Crippen molar-refractivity contribution in [1.29, 1.82) is 0 Å². The lowest BCUT2D eigenvalue weighted by Gasteiger charge is -2.13. The Hall–Kier alpha value is -1.74. The molecule has 0 aliphatic carbocycles. The average Bonchev–Trinajstić information content (AvgIpc) is 2.38. The summed E-state index contributed by atoms with van der Waals surface area (Å²) >= 11 is 0. The Morgan fingerprint density at radius 1 is 1.29 bits per heavy atom. The summed E-state index contributed by atoms with van der Waals surface area (Å²) in [7, 11) is 0. The number of benzene rings is 1. The number of para-hydroxylation sites is 1. The Morgan fingerprint density at radius 2 is 2.12 bits per heavy atom. The van der Waals surface area contributed by atoms with Crippen molar-refractivity contribution < 1.29 is 0 Å². The lowest BCUT2D eigenvalue weighted by atomic mass is 10.0. The maximum absolute atomic E-state index is 6.20. The first-order valence-corrected chi connectivity index (χ1v) is 5.89. The molecule has 17 heavy (non-hydrogen) atoms. The highest BCUT2D eigenvalue weighted by Gasteiger charge is 2.10. The van der Waals surface area contributed by atoms with Gasteiger partial charge in [-0.15, -0.1) is 6.58 Å². The number of allylic oxidation sites excluding steroid dienone is 1. The molecule has 0 radical (unpaired) electrons. The number of nitrogens with zero attached hydrogens (tertiary/aromatic N) is 2. The Morgan fingerprint density at radius 3 is 2.94 bits per heavy atom. The zero-order valence-electron chi connectivity index (χ0n) is 9.84. The Balaban J connectivity index is 2.25. The molecule has 1 heterocycles. The molecule has 0 aliphatic heterocycles. The Kier molecular flexibility index (Phi) is 3.83. The van der Waals surface area contributed by atoms with E-state index in [1.807, 2.05) is 24.3 Å². The standard InChI is InChI=1S/C14H17N3/c1-2-3-4-7-12(15)11-6-5-8-13-14(11)17-10-9-16-13/h2,5-6,8-10,12H,1,3-4,7,15H2. The maximum atomic E-state index is 6.20. The molecule has 1 unspecified atom stereocenters. The van der Waals surface area contributed by atoms with Gasteiger partial charge in [0.15, 0.2) is 0 Å². The van der Waals surface area contributed by atoms with Crippen LogP contribution in [0.3, 0.4) is 0 Å². The highest BCUT2D eigenvalue weighted by Crippen LogP contribution is 2.23. The fourth-order valence-electron chi connectivity index (χ4n) is 1.95. The molecule has 0 bridgehead atoms. The minimum Gasteiger partial charge on any atom is -0.324 e. The first-order valence-electron chi connectivity index (χ1n) is 5.89. The third-order valence-corrected chi connectivity index (χ3v) is 2.85. The van der Waals surface area contributed by atoms with Crippen LogP contribution in [0, 0.1) is 0 Å². The molecule has 0 fully saturated rings. The van der Waals surface area contributed by atoms with Crippen molar-refractivity contribution in [3.63, 3.8) is 0 Å². The molecule has 3 nitrogen and oxygen atoms in total. The first-order chi connectivity index (χ1) is 8.33. The SMILES string of the molecule is C=CCCCC(N)c1cccc2nccnc12. The molecule has 0 aliphatic rings. The molecule has 3 heteroatoms. The van der Waals surface area contributed by atoms with E-state index < -0.39 is 0 Å². The molecule has 0 saturated heterocycles. The van der Waals surface area contributed by atoms with Crippen LogP contribution in [0.4, 0.5) is 0 Å². The van der Waals surface area contributed by atoms with E-state index >= 15 is 0 Å². The lowest BCUT2D eigenvalue weighted by Crippen LogP contribution is -2.11. The Bertz CT molecular complexity index is 502. The van der Waals surface area contributed by atoms with Crippen LogP contribution in [0.5, 0.6) is 0 Å². The highest BCUT2D eigenvalue weighted by atomic mass is 14.8. The number of fused-ring (bicyclic) bond motifs is 1. The molecule has 1 aromatic carbocycles. The van der Waals surface area contributed by atoms with Crippen LogP contribution in [0.1, 0.15) is 30.9 Å². The molecular weight excluding hydrogens is 210 g/mol. The summed E-state index contributed by atoms with van der Waals surface area (Å²) in [5.74, 6) is 0. The molecule has 2 aromatic rings. The molecule has 0 spiro atoms. The maximum Gasteiger partial charge on any atom is 0.0934 e. The van der Waals surface area contributed by atoms with Crippen LogP contribution < -0.4 is 5.73 Å². The van der Waals surface area contributed by atoms with Crippen molar-refractivity contribution >= 4 is 11.0 Å². The van der Waals surface area contributed by atoms with Crippen molar-refractivity contribution in [3.05, 3.63) is 48.8 Å². The van der Waals surface area contributed by atoms with Crippen LogP contribution in [-0.2, 0) is 0 Å². The van der Waals surface area contributed by atoms with Gasteiger partial charge in [0.05, 0.1) is 11.0 Å². The molecule has 1 atom stereocenters. The van der Waals surface area contributed by atoms with Gasteiger partial charge in [-0.1, -0.05) is 18.2 Å². The normalized spacial score (nSPS) is 12.5. The van der Waals surface area contributed by atoms with Crippen molar-refractivity contribution in [2.24, 2.45) is 5.73 Å². The summed E-state index contributed by atoms with van der Waals surface area (Å²) in [5.41, 5.74) is 9.11. The second-order valence-electron chi connectivity index (χ2n) is 4.10. The number of hydrogen-bond acceptors (Lipinski definition) is 3. The highest BCUT2D eigenvalue weighted by molar-refractivity contribution is 5.77. The third-order valence-electron chi connectivity index (χ3n) is 2.85. The van der Waals surface area contributed by atoms with Gasteiger partial charge < -0.3 is 5.73 Å². The number of rotatable bonds is 5. The van der Waals surface area contributed by atoms with E-state index in [4.69, 9.17) is 5.73 Å². The summed E-state index contributed by atoms with van der Waals surface area (Å²) in [4.78, 5) is 8.65. The third kappa shape index (κ3) is 2.68. The van der Waals surface area contributed by atoms with E-state index in [1.54, 1.807) is 12.4 Å². The van der Waals surface area contributed by atoms with Crippen molar-refractivity contribution in [2.45, 2.75) is 25.3 Å². The van der Waals surface area contributed by atoms with E-state index in [0.29, 0.717) is 0 Å². The number of hydrogen-bond donors (Lipinski definition) is 1. The molecule has 2 N–H and O–H groups in total. The minimum absolute atomic E-state index is 0.0235. The van der Waals surface area contributed by atoms with Gasteiger partial charge >= 0.3 is 0 Å². The fraction of sp³-hybridized carbons (Fsp3) is 0.286. The Labute approximate surface area is 101 Å². The van der Waals surface area contributed by atoms with Gasteiger partial charge in [0.25, 0.3) is 0 Å². The van der Waals surface area contributed by atoms with Gasteiger partial charge in [-0.2, -0.15) is 0 Å². The van der Waals surface area contributed by atoms with E-state index in [9.17, 15) is 0 Å². The average molecular weight is 227 g/mol. The van der Waals surface area contributed by atoms with Crippen molar-refractivity contribution in [1.82, 2.24) is 9.97 Å². The smallest absolute Gasteiger partial charge is 0.0934 e. The number of unbranched alkanes of at least 4 members (excludes halogenated alkanes) is 1. The second-order valence-corrected chi connectivity index (χ2v) is 4.10. The molecule has 2 rings (SSSR count). The molecule has 1 aromatic heterocycles. The monoisotopic (exact) mass is 227 g/mol. The summed E-state index contributed by atoms with van der Waals surface area (Å²) in [5, 5.41) is 0. The van der Waals surface area contributed by atoms with Gasteiger partial charge in [0, 0.05) is 18.4 Å². The van der Waals surface area contributed by atoms with Crippen LogP contribution in [0.2, 0.25) is 0 Å². The van der Waals surface area contributed by atoms with Crippen LogP contribution in [-0.4, -0.2) is 9.97 Å². The first kappa shape index (κ1) is 11.7. The van der Waals surface area contributed by atoms with E-state index in [1.165, 1.54) is 0 Å². The van der Waals surface area contributed by atoms with E-state index in [2.05, 4.69) is 16.5 Å². The van der Waals surface area contributed by atoms with Gasteiger partial charge in [-0.3, -0.25) is 9.97 Å². The molecule has 0 amide bonds. The molecular formula is C14H17N3. The summed E-state index contributed by atoms with van der Waals surface area (Å²) in [6, 6.07) is 6.01. The van der Waals surface area contributed by atoms with Gasteiger partial charge in [0.2, 0.25) is 0 Å². The topological polar surface area (TPSA) is 51.8 Å². The van der Waals surface area contributed by atoms with Crippen LogP contribution in [0.15, 0.2) is 43.2 Å². The summed E-state index contributed by atoms with van der Waals surface area (Å²) < 4.78 is 0. The van der Waals surface area contributed by atoms with Crippen LogP contribution >= 0.6 is 0 Å². The summed E-state index contributed by atoms with van der Waals surface area (Å²) in [6.45, 7) is 3.72.